The van der Waals surface area contributed by atoms with Gasteiger partial charge >= 0.3 is 0 Å². The topological polar surface area (TPSA) is 72.7 Å². The minimum Gasteiger partial charge on any atom is -0.326 e. The van der Waals surface area contributed by atoms with Crippen LogP contribution in [0, 0.1) is 5.41 Å². The Kier molecular flexibility index (Phi) is 3.33. The third-order valence-corrected chi connectivity index (χ3v) is 2.68. The van der Waals surface area contributed by atoms with Gasteiger partial charge in [0.15, 0.2) is 5.82 Å². The molecule has 1 aromatic carbocycles. The van der Waals surface area contributed by atoms with E-state index in [4.69, 9.17) is 0 Å². The highest BCUT2D eigenvalue weighted by atomic mass is 16.2. The molecule has 1 amide bonds. The maximum atomic E-state index is 11.9. The molecule has 2 rings (SSSR count). The fourth-order valence-corrected chi connectivity index (χ4v) is 1.53. The predicted molar refractivity (Wildman–Crippen MR) is 72.3 cm³/mol. The molecule has 0 fully saturated rings. The Bertz CT molecular complexity index is 597. The second kappa shape index (κ2) is 4.79. The highest BCUT2D eigenvalue weighted by Crippen LogP contribution is 2.22. The highest BCUT2D eigenvalue weighted by molar-refractivity contribution is 5.94. The molecule has 19 heavy (non-hydrogen) atoms. The molecular formula is C13H17N5O. The number of nitrogens with one attached hydrogen (secondary N) is 1. The van der Waals surface area contributed by atoms with Gasteiger partial charge in [0.05, 0.1) is 0 Å². The van der Waals surface area contributed by atoms with Crippen LogP contribution < -0.4 is 5.32 Å². The fourth-order valence-electron chi connectivity index (χ4n) is 1.53. The highest BCUT2D eigenvalue weighted by Gasteiger charge is 2.21. The lowest BCUT2D eigenvalue weighted by atomic mass is 9.95. The molecule has 1 aromatic heterocycles. The van der Waals surface area contributed by atoms with Crippen molar-refractivity contribution in [2.24, 2.45) is 12.5 Å². The van der Waals surface area contributed by atoms with Crippen LogP contribution in [0.25, 0.3) is 11.4 Å². The number of tetrazole rings is 1. The monoisotopic (exact) mass is 259 g/mol. The van der Waals surface area contributed by atoms with Crippen LogP contribution in [0.15, 0.2) is 24.3 Å². The van der Waals surface area contributed by atoms with Crippen molar-refractivity contribution in [3.05, 3.63) is 24.3 Å². The summed E-state index contributed by atoms with van der Waals surface area (Å²) < 4.78 is 1.59. The lowest BCUT2D eigenvalue weighted by Gasteiger charge is -2.17. The van der Waals surface area contributed by atoms with Crippen molar-refractivity contribution < 1.29 is 4.79 Å². The average Bonchev–Trinajstić information content (AvgIpc) is 2.74. The van der Waals surface area contributed by atoms with E-state index in [1.54, 1.807) is 11.7 Å². The number of hydrogen-bond acceptors (Lipinski definition) is 4. The van der Waals surface area contributed by atoms with Gasteiger partial charge in [0.1, 0.15) is 0 Å². The van der Waals surface area contributed by atoms with E-state index in [0.29, 0.717) is 5.82 Å². The maximum Gasteiger partial charge on any atom is 0.229 e. The fraction of sp³-hybridized carbons (Fsp3) is 0.385. The molecule has 100 valence electrons. The van der Waals surface area contributed by atoms with Crippen molar-refractivity contribution in [3.63, 3.8) is 0 Å². The minimum absolute atomic E-state index is 0.0271. The van der Waals surface area contributed by atoms with Crippen LogP contribution in [0.1, 0.15) is 20.8 Å². The number of carbonyl (C=O) groups is 1. The van der Waals surface area contributed by atoms with Crippen molar-refractivity contribution in [1.82, 2.24) is 20.2 Å². The molecule has 1 heterocycles. The van der Waals surface area contributed by atoms with E-state index >= 15 is 0 Å². The first-order valence-electron chi connectivity index (χ1n) is 6.02. The normalized spacial score (nSPS) is 11.4. The predicted octanol–water partition coefficient (Wildman–Crippen LogP) is 1.86. The molecular weight excluding hydrogens is 242 g/mol. The van der Waals surface area contributed by atoms with Crippen molar-refractivity contribution in [2.45, 2.75) is 20.8 Å². The Morgan fingerprint density at radius 1 is 1.32 bits per heavy atom. The lowest BCUT2D eigenvalue weighted by Crippen LogP contribution is -2.27. The molecule has 6 nitrogen and oxygen atoms in total. The molecule has 0 spiro atoms. The number of hydrogen-bond donors (Lipinski definition) is 1. The summed E-state index contributed by atoms with van der Waals surface area (Å²) in [6.07, 6.45) is 0. The second-order valence-corrected chi connectivity index (χ2v) is 5.41. The summed E-state index contributed by atoms with van der Waals surface area (Å²) in [5, 5.41) is 14.2. The van der Waals surface area contributed by atoms with Crippen LogP contribution in [-0.4, -0.2) is 26.1 Å². The zero-order valence-corrected chi connectivity index (χ0v) is 11.5. The summed E-state index contributed by atoms with van der Waals surface area (Å²) in [5.74, 6) is 0.632. The summed E-state index contributed by atoms with van der Waals surface area (Å²) >= 11 is 0. The largest absolute Gasteiger partial charge is 0.326 e. The second-order valence-electron chi connectivity index (χ2n) is 5.41. The van der Waals surface area contributed by atoms with Crippen LogP contribution in [-0.2, 0) is 11.8 Å². The van der Waals surface area contributed by atoms with E-state index in [9.17, 15) is 4.79 Å². The van der Waals surface area contributed by atoms with E-state index in [1.165, 1.54) is 0 Å². The standard InChI is InChI=1S/C13H17N5O/c1-13(2,3)12(19)14-10-7-5-6-9(8-10)11-15-16-17-18(11)4/h5-8H,1-4H3,(H,14,19). The number of rotatable bonds is 2. The van der Waals surface area contributed by atoms with Crippen molar-refractivity contribution >= 4 is 11.6 Å². The first kappa shape index (κ1) is 13.2. The Morgan fingerprint density at radius 3 is 2.63 bits per heavy atom. The molecule has 0 saturated heterocycles. The number of amides is 1. The molecule has 0 saturated carbocycles. The maximum absolute atomic E-state index is 11.9. The van der Waals surface area contributed by atoms with Crippen molar-refractivity contribution in [2.75, 3.05) is 5.32 Å². The molecule has 1 N–H and O–H groups in total. The first-order valence-corrected chi connectivity index (χ1v) is 6.02. The number of anilines is 1. The van der Waals surface area contributed by atoms with Gasteiger partial charge in [-0.25, -0.2) is 4.68 Å². The van der Waals surface area contributed by atoms with Gasteiger partial charge in [0.25, 0.3) is 0 Å². The Labute approximate surface area is 111 Å². The SMILES string of the molecule is Cn1nnnc1-c1cccc(NC(=O)C(C)(C)C)c1. The van der Waals surface area contributed by atoms with E-state index in [-0.39, 0.29) is 5.91 Å². The van der Waals surface area contributed by atoms with Crippen molar-refractivity contribution in [1.29, 1.82) is 0 Å². The molecule has 0 aliphatic carbocycles. The number of benzene rings is 1. The quantitative estimate of drug-likeness (QED) is 0.893. The zero-order chi connectivity index (χ0) is 14.0. The smallest absolute Gasteiger partial charge is 0.229 e. The van der Waals surface area contributed by atoms with Gasteiger partial charge in [-0.05, 0) is 22.6 Å². The van der Waals surface area contributed by atoms with E-state index in [1.807, 2.05) is 45.0 Å². The molecule has 0 aliphatic rings. The number of aromatic nitrogens is 4. The van der Waals surface area contributed by atoms with Gasteiger partial charge < -0.3 is 5.32 Å². The lowest BCUT2D eigenvalue weighted by molar-refractivity contribution is -0.123. The molecule has 0 unspecified atom stereocenters. The average molecular weight is 259 g/mol. The molecule has 6 heteroatoms. The van der Waals surface area contributed by atoms with Crippen LogP contribution in [0.5, 0.6) is 0 Å². The summed E-state index contributed by atoms with van der Waals surface area (Å²) in [5.41, 5.74) is 1.17. The summed E-state index contributed by atoms with van der Waals surface area (Å²) in [7, 11) is 1.77. The summed E-state index contributed by atoms with van der Waals surface area (Å²) in [6.45, 7) is 5.62. The molecule has 0 atom stereocenters. The van der Waals surface area contributed by atoms with Gasteiger partial charge in [-0.15, -0.1) is 5.10 Å². The molecule has 2 aromatic rings. The van der Waals surface area contributed by atoms with Crippen molar-refractivity contribution in [3.8, 4) is 11.4 Å². The molecule has 0 radical (unpaired) electrons. The van der Waals surface area contributed by atoms with Gasteiger partial charge in [0, 0.05) is 23.7 Å². The Morgan fingerprint density at radius 2 is 2.05 bits per heavy atom. The van der Waals surface area contributed by atoms with Crippen LogP contribution >= 0.6 is 0 Å². The summed E-state index contributed by atoms with van der Waals surface area (Å²) in [4.78, 5) is 11.9. The van der Waals surface area contributed by atoms with Crippen LogP contribution in [0.2, 0.25) is 0 Å². The molecule has 0 aliphatic heterocycles. The Hall–Kier alpha value is -2.24. The number of nitrogens with zero attached hydrogens (tertiary/aromatic N) is 4. The summed E-state index contributed by atoms with van der Waals surface area (Å²) in [6, 6.07) is 7.47. The third-order valence-electron chi connectivity index (χ3n) is 2.68. The Balaban J connectivity index is 2.26. The van der Waals surface area contributed by atoms with Crippen LogP contribution in [0.3, 0.4) is 0 Å². The van der Waals surface area contributed by atoms with E-state index < -0.39 is 5.41 Å². The minimum atomic E-state index is -0.428. The van der Waals surface area contributed by atoms with Crippen LogP contribution in [0.4, 0.5) is 5.69 Å². The number of carbonyl (C=O) groups excluding carboxylic acids is 1. The van der Waals surface area contributed by atoms with Gasteiger partial charge in [-0.1, -0.05) is 32.9 Å². The third kappa shape index (κ3) is 2.96. The van der Waals surface area contributed by atoms with E-state index in [0.717, 1.165) is 11.3 Å². The zero-order valence-electron chi connectivity index (χ0n) is 11.5. The van der Waals surface area contributed by atoms with E-state index in [2.05, 4.69) is 20.8 Å². The van der Waals surface area contributed by atoms with Gasteiger partial charge in [0.2, 0.25) is 5.91 Å². The number of aryl methyl sites for hydroxylation is 1. The molecule has 0 bridgehead atoms. The van der Waals surface area contributed by atoms with Gasteiger partial charge in [-0.3, -0.25) is 4.79 Å². The first-order chi connectivity index (χ1) is 8.88. The van der Waals surface area contributed by atoms with Gasteiger partial charge in [-0.2, -0.15) is 0 Å².